The van der Waals surface area contributed by atoms with Gasteiger partial charge in [-0.3, -0.25) is 0 Å². The quantitative estimate of drug-likeness (QED) is 0.688. The van der Waals surface area contributed by atoms with Gasteiger partial charge in [0, 0.05) is 22.3 Å². The van der Waals surface area contributed by atoms with Crippen molar-refractivity contribution < 1.29 is 35.8 Å². The van der Waals surface area contributed by atoms with Gasteiger partial charge < -0.3 is 10.1 Å². The van der Waals surface area contributed by atoms with Crippen molar-refractivity contribution in [3.05, 3.63) is 35.3 Å². The Morgan fingerprint density at radius 3 is 2.20 bits per heavy atom. The number of rotatable bonds is 5. The number of H-pyrrole nitrogens is 1. The third-order valence-electron chi connectivity index (χ3n) is 3.71. The first kappa shape index (κ1) is 19.9. The summed E-state index contributed by atoms with van der Waals surface area (Å²) in [5.74, 6) is -2.94. The number of thioether (sulfide) groups is 1. The van der Waals surface area contributed by atoms with E-state index in [0.717, 1.165) is 0 Å². The first-order valence-electron chi connectivity index (χ1n) is 7.12. The molecule has 0 aliphatic rings. The molecule has 1 unspecified atom stereocenters. The second-order valence-corrected chi connectivity index (χ2v) is 6.58. The van der Waals surface area contributed by atoms with Crippen molar-refractivity contribution >= 4 is 22.7 Å². The van der Waals surface area contributed by atoms with Crippen molar-refractivity contribution in [1.29, 1.82) is 0 Å². The molecule has 0 fully saturated rings. The fourth-order valence-corrected chi connectivity index (χ4v) is 3.36. The maximum atomic E-state index is 13.6. The molecule has 140 valence electrons. The Bertz CT molecular complexity index is 753. The van der Waals surface area contributed by atoms with Crippen molar-refractivity contribution in [1.82, 2.24) is 4.98 Å². The van der Waals surface area contributed by atoms with E-state index in [1.807, 2.05) is 0 Å². The first-order valence-corrected chi connectivity index (χ1v) is 8.28. The number of aromatic amines is 1. The highest BCUT2D eigenvalue weighted by atomic mass is 32.2. The zero-order valence-electron chi connectivity index (χ0n) is 12.9. The number of aromatic nitrogens is 1. The van der Waals surface area contributed by atoms with E-state index in [4.69, 9.17) is 0 Å². The average Bonchev–Trinajstić information content (AvgIpc) is 2.87. The van der Waals surface area contributed by atoms with E-state index in [-0.39, 0.29) is 28.8 Å². The molecule has 25 heavy (non-hydrogen) atoms. The number of hydrogen-bond donors (Lipinski definition) is 2. The predicted molar refractivity (Wildman–Crippen MR) is 80.8 cm³/mol. The molecule has 0 saturated heterocycles. The molecule has 1 aromatic heterocycles. The van der Waals surface area contributed by atoms with Gasteiger partial charge in [0.25, 0.3) is 0 Å². The molecule has 0 aliphatic heterocycles. The fourth-order valence-electron chi connectivity index (χ4n) is 2.33. The van der Waals surface area contributed by atoms with Crippen LogP contribution in [0.15, 0.2) is 18.2 Å². The summed E-state index contributed by atoms with van der Waals surface area (Å²) in [5.41, 5.74) is -3.18. The summed E-state index contributed by atoms with van der Waals surface area (Å²) >= 11 is 0.458. The fraction of sp³-hybridized carbons (Fsp3) is 0.467. The van der Waals surface area contributed by atoms with Crippen LogP contribution in [-0.4, -0.2) is 27.8 Å². The SMILES string of the molecule is CCC(O)(CSCC(F)(F)F)c1cc2cc(F)c(C(F)(F)F)cc2[nH]1. The highest BCUT2D eigenvalue weighted by Crippen LogP contribution is 2.37. The molecule has 2 aromatic rings. The second kappa shape index (κ2) is 6.71. The number of aliphatic hydroxyl groups is 1. The summed E-state index contributed by atoms with van der Waals surface area (Å²) in [6, 6.07) is 2.50. The van der Waals surface area contributed by atoms with Crippen molar-refractivity contribution in [2.24, 2.45) is 0 Å². The van der Waals surface area contributed by atoms with Gasteiger partial charge in [0.05, 0.1) is 11.3 Å². The normalized spacial score (nSPS) is 15.6. The van der Waals surface area contributed by atoms with Gasteiger partial charge in [-0.15, -0.1) is 11.8 Å². The Balaban J connectivity index is 2.35. The van der Waals surface area contributed by atoms with Crippen LogP contribution in [0.2, 0.25) is 0 Å². The number of alkyl halides is 6. The van der Waals surface area contributed by atoms with Gasteiger partial charge >= 0.3 is 12.4 Å². The van der Waals surface area contributed by atoms with E-state index in [1.165, 1.54) is 13.0 Å². The van der Waals surface area contributed by atoms with Crippen LogP contribution in [0.1, 0.15) is 24.6 Å². The van der Waals surface area contributed by atoms with Crippen LogP contribution >= 0.6 is 11.8 Å². The third-order valence-corrected chi connectivity index (χ3v) is 4.92. The molecule has 1 heterocycles. The molecule has 1 atom stereocenters. The molecule has 0 bridgehead atoms. The van der Waals surface area contributed by atoms with E-state index in [1.54, 1.807) is 0 Å². The van der Waals surface area contributed by atoms with Gasteiger partial charge in [-0.1, -0.05) is 6.92 Å². The topological polar surface area (TPSA) is 36.0 Å². The van der Waals surface area contributed by atoms with E-state index in [0.29, 0.717) is 23.9 Å². The van der Waals surface area contributed by atoms with Crippen LogP contribution in [0.25, 0.3) is 10.9 Å². The van der Waals surface area contributed by atoms with Crippen LogP contribution in [0.4, 0.5) is 30.7 Å². The molecule has 1 aromatic carbocycles. The van der Waals surface area contributed by atoms with E-state index in [2.05, 4.69) is 4.98 Å². The molecule has 0 amide bonds. The maximum Gasteiger partial charge on any atom is 0.419 e. The number of nitrogens with one attached hydrogen (secondary N) is 1. The van der Waals surface area contributed by atoms with Crippen LogP contribution in [0.5, 0.6) is 0 Å². The molecule has 10 heteroatoms. The van der Waals surface area contributed by atoms with Gasteiger partial charge in [-0.25, -0.2) is 4.39 Å². The largest absolute Gasteiger partial charge is 0.419 e. The van der Waals surface area contributed by atoms with Gasteiger partial charge in [0.1, 0.15) is 11.4 Å². The van der Waals surface area contributed by atoms with Crippen LogP contribution in [0.3, 0.4) is 0 Å². The molecule has 0 aliphatic carbocycles. The Kier molecular flexibility index (Phi) is 5.34. The molecular formula is C15H14F7NOS. The Hall–Kier alpha value is -1.42. The molecule has 2 rings (SSSR count). The predicted octanol–water partition coefficient (Wildman–Crippen LogP) is 5.22. The second-order valence-electron chi connectivity index (χ2n) is 5.59. The summed E-state index contributed by atoms with van der Waals surface area (Å²) in [6.45, 7) is 1.53. The summed E-state index contributed by atoms with van der Waals surface area (Å²) in [6.07, 6.45) is -9.25. The molecule has 0 spiro atoms. The lowest BCUT2D eigenvalue weighted by atomic mass is 9.99. The van der Waals surface area contributed by atoms with E-state index < -0.39 is 35.1 Å². The highest BCUT2D eigenvalue weighted by molar-refractivity contribution is 7.99. The standard InChI is InChI=1S/C15H14F7NOS/c1-2-13(24,6-25-7-14(17,18)19)12-4-8-3-10(16)9(15(20,21)22)5-11(8)23-12/h3-5,23-24H,2,6-7H2,1H3. The lowest BCUT2D eigenvalue weighted by Crippen LogP contribution is -2.29. The van der Waals surface area contributed by atoms with Crippen molar-refractivity contribution in [3.8, 4) is 0 Å². The van der Waals surface area contributed by atoms with Gasteiger partial charge in [-0.2, -0.15) is 26.3 Å². The molecule has 0 radical (unpaired) electrons. The number of hydrogen-bond acceptors (Lipinski definition) is 2. The van der Waals surface area contributed by atoms with Crippen molar-refractivity contribution in [3.63, 3.8) is 0 Å². The van der Waals surface area contributed by atoms with Gasteiger partial charge in [-0.05, 0) is 24.6 Å². The van der Waals surface area contributed by atoms with Crippen molar-refractivity contribution in [2.75, 3.05) is 11.5 Å². The molecule has 2 N–H and O–H groups in total. The highest BCUT2D eigenvalue weighted by Gasteiger charge is 2.36. The van der Waals surface area contributed by atoms with E-state index >= 15 is 0 Å². The first-order chi connectivity index (χ1) is 11.4. The maximum absolute atomic E-state index is 13.6. The zero-order chi connectivity index (χ0) is 19.0. The molecule has 2 nitrogen and oxygen atoms in total. The minimum absolute atomic E-state index is 0.0271. The summed E-state index contributed by atoms with van der Waals surface area (Å²) in [5, 5.41) is 10.6. The zero-order valence-corrected chi connectivity index (χ0v) is 13.7. The Morgan fingerprint density at radius 2 is 1.68 bits per heavy atom. The third kappa shape index (κ3) is 4.60. The van der Waals surface area contributed by atoms with Crippen LogP contribution < -0.4 is 0 Å². The molecular weight excluding hydrogens is 375 g/mol. The summed E-state index contributed by atoms with van der Waals surface area (Å²) in [7, 11) is 0. The smallest absolute Gasteiger partial charge is 0.383 e. The summed E-state index contributed by atoms with van der Waals surface area (Å²) in [4.78, 5) is 2.56. The lowest BCUT2D eigenvalue weighted by Gasteiger charge is -2.25. The number of fused-ring (bicyclic) bond motifs is 1. The van der Waals surface area contributed by atoms with Crippen molar-refractivity contribution in [2.45, 2.75) is 31.3 Å². The van der Waals surface area contributed by atoms with Crippen LogP contribution in [-0.2, 0) is 11.8 Å². The average molecular weight is 389 g/mol. The lowest BCUT2D eigenvalue weighted by molar-refractivity contribution is -0.139. The van der Waals surface area contributed by atoms with Gasteiger partial charge in [0.2, 0.25) is 0 Å². The monoisotopic (exact) mass is 389 g/mol. The number of benzene rings is 1. The number of halogens is 7. The summed E-state index contributed by atoms with van der Waals surface area (Å²) < 4.78 is 88.6. The minimum atomic E-state index is -4.88. The van der Waals surface area contributed by atoms with Crippen LogP contribution in [0, 0.1) is 5.82 Å². The molecule has 0 saturated carbocycles. The Morgan fingerprint density at radius 1 is 1.04 bits per heavy atom. The minimum Gasteiger partial charge on any atom is -0.383 e. The van der Waals surface area contributed by atoms with Gasteiger partial charge in [0.15, 0.2) is 0 Å². The van der Waals surface area contributed by atoms with E-state index in [9.17, 15) is 35.8 Å². The Labute approximate surface area is 142 Å².